The van der Waals surface area contributed by atoms with Gasteiger partial charge in [0.15, 0.2) is 0 Å². The fraction of sp³-hybridized carbons (Fsp3) is 0.125. The minimum Gasteiger partial charge on any atom is -0.496 e. The third-order valence-corrected chi connectivity index (χ3v) is 1.88. The van der Waals surface area contributed by atoms with Crippen LogP contribution in [0, 0.1) is 0 Å². The number of benzene rings is 1. The van der Waals surface area contributed by atoms with Crippen LogP contribution in [0.4, 0.5) is 0 Å². The molecule has 0 saturated carbocycles. The smallest absolute Gasteiger partial charge is 0.496 e. The second-order valence-corrected chi connectivity index (χ2v) is 2.64. The number of carboxylic acid groups (broad SMARTS) is 1. The van der Waals surface area contributed by atoms with E-state index in [0.717, 1.165) is 0 Å². The molecular formula is C8H7AgN3O3+. The summed E-state index contributed by atoms with van der Waals surface area (Å²) in [6, 6.07) is 3.19. The zero-order valence-electron chi connectivity index (χ0n) is 7.61. The van der Waals surface area contributed by atoms with Gasteiger partial charge < -0.3 is 9.84 Å². The first kappa shape index (κ1) is 11.7. The summed E-state index contributed by atoms with van der Waals surface area (Å²) in [5, 5.41) is 18.9. The third kappa shape index (κ3) is 1.87. The Bertz CT molecular complexity index is 497. The number of carboxylic acids is 1. The van der Waals surface area contributed by atoms with E-state index in [1.54, 1.807) is 12.1 Å². The molecule has 15 heavy (non-hydrogen) atoms. The van der Waals surface area contributed by atoms with Crippen molar-refractivity contribution in [1.29, 1.82) is 0 Å². The Kier molecular flexibility index (Phi) is 3.46. The first-order valence-electron chi connectivity index (χ1n) is 3.85. The molecule has 0 atom stereocenters. The van der Waals surface area contributed by atoms with Crippen molar-refractivity contribution < 1.29 is 37.0 Å². The van der Waals surface area contributed by atoms with Gasteiger partial charge in [-0.3, -0.25) is 0 Å². The Hall–Kier alpha value is -1.37. The molecule has 6 nitrogen and oxygen atoms in total. The maximum absolute atomic E-state index is 10.9. The summed E-state index contributed by atoms with van der Waals surface area (Å²) in [5.41, 5.74) is 0.832. The Morgan fingerprint density at radius 3 is 2.80 bits per heavy atom. The van der Waals surface area contributed by atoms with Crippen molar-refractivity contribution in [2.75, 3.05) is 7.11 Å². The van der Waals surface area contributed by atoms with Gasteiger partial charge in [0, 0.05) is 0 Å². The zero-order valence-corrected chi connectivity index (χ0v) is 9.10. The van der Waals surface area contributed by atoms with E-state index in [0.29, 0.717) is 11.0 Å². The first-order valence-corrected chi connectivity index (χ1v) is 3.85. The quantitative estimate of drug-likeness (QED) is 0.796. The van der Waals surface area contributed by atoms with Crippen LogP contribution in [0.3, 0.4) is 0 Å². The Morgan fingerprint density at radius 2 is 2.20 bits per heavy atom. The molecule has 82 valence electrons. The molecule has 2 N–H and O–H groups in total. The van der Waals surface area contributed by atoms with Crippen molar-refractivity contribution in [2.45, 2.75) is 0 Å². The number of hydrogen-bond acceptors (Lipinski definition) is 4. The van der Waals surface area contributed by atoms with Gasteiger partial charge in [0.1, 0.15) is 22.3 Å². The number of ether oxygens (including phenoxy) is 1. The number of aromatic amines is 1. The largest absolute Gasteiger partial charge is 1.00 e. The fourth-order valence-electron chi connectivity index (χ4n) is 1.27. The maximum atomic E-state index is 10.9. The molecule has 2 aromatic rings. The standard InChI is InChI=1S/C8H7N3O3.Ag/c1-14-5-3-2-4-7(10-11-9-4)6(5)8(12)13;/h2-3H,1H3,(H,12,13)(H,9,10,11);/q;+1. The van der Waals surface area contributed by atoms with E-state index in [-0.39, 0.29) is 33.7 Å². The average Bonchev–Trinajstić information content (AvgIpc) is 2.62. The number of nitrogens with one attached hydrogen (secondary N) is 1. The normalized spacial score (nSPS) is 9.67. The van der Waals surface area contributed by atoms with Crippen molar-refractivity contribution in [1.82, 2.24) is 15.4 Å². The van der Waals surface area contributed by atoms with Crippen molar-refractivity contribution in [3.63, 3.8) is 0 Å². The molecule has 0 saturated heterocycles. The number of aromatic carboxylic acids is 1. The molecule has 1 aromatic heterocycles. The van der Waals surface area contributed by atoms with Gasteiger partial charge in [-0.05, 0) is 12.1 Å². The van der Waals surface area contributed by atoms with Gasteiger partial charge in [0.2, 0.25) is 0 Å². The number of aromatic nitrogens is 3. The number of fused-ring (bicyclic) bond motifs is 1. The minimum atomic E-state index is -1.08. The molecule has 0 aliphatic carbocycles. The number of H-pyrrole nitrogens is 1. The van der Waals surface area contributed by atoms with Gasteiger partial charge in [-0.1, -0.05) is 0 Å². The molecular weight excluding hydrogens is 294 g/mol. The predicted molar refractivity (Wildman–Crippen MR) is 47.4 cm³/mol. The number of nitrogens with zero attached hydrogens (tertiary/aromatic N) is 2. The van der Waals surface area contributed by atoms with Gasteiger partial charge >= 0.3 is 28.3 Å². The van der Waals surface area contributed by atoms with Crippen LogP contribution in [0.1, 0.15) is 10.4 Å². The topological polar surface area (TPSA) is 88.1 Å². The van der Waals surface area contributed by atoms with Crippen LogP contribution in [0.25, 0.3) is 11.0 Å². The summed E-state index contributed by atoms with van der Waals surface area (Å²) in [5.74, 6) is -0.805. The Balaban J connectivity index is 0.00000112. The van der Waals surface area contributed by atoms with Crippen LogP contribution >= 0.6 is 0 Å². The second kappa shape index (κ2) is 4.43. The van der Waals surface area contributed by atoms with E-state index in [4.69, 9.17) is 9.84 Å². The first-order chi connectivity index (χ1) is 6.74. The summed E-state index contributed by atoms with van der Waals surface area (Å²) in [7, 11) is 1.41. The van der Waals surface area contributed by atoms with Gasteiger partial charge in [0.05, 0.1) is 7.11 Å². The molecule has 2 rings (SSSR count). The molecule has 0 fully saturated rings. The maximum Gasteiger partial charge on any atom is 1.00 e. The van der Waals surface area contributed by atoms with Gasteiger partial charge in [0.25, 0.3) is 0 Å². The van der Waals surface area contributed by atoms with Crippen LogP contribution in [0.2, 0.25) is 0 Å². The zero-order chi connectivity index (χ0) is 10.1. The predicted octanol–water partition coefficient (Wildman–Crippen LogP) is 0.662. The van der Waals surface area contributed by atoms with Crippen LogP contribution < -0.4 is 4.74 Å². The minimum absolute atomic E-state index is 0. The molecule has 0 spiro atoms. The number of methoxy groups -OCH3 is 1. The van der Waals surface area contributed by atoms with Crippen molar-refractivity contribution in [3.05, 3.63) is 17.7 Å². The summed E-state index contributed by atoms with van der Waals surface area (Å²) in [6.45, 7) is 0. The van der Waals surface area contributed by atoms with E-state index in [9.17, 15) is 4.79 Å². The number of hydrogen-bond donors (Lipinski definition) is 2. The van der Waals surface area contributed by atoms with E-state index in [2.05, 4.69) is 15.4 Å². The fourth-order valence-corrected chi connectivity index (χ4v) is 1.27. The van der Waals surface area contributed by atoms with E-state index >= 15 is 0 Å². The number of rotatable bonds is 2. The Morgan fingerprint density at radius 1 is 1.47 bits per heavy atom. The van der Waals surface area contributed by atoms with E-state index in [1.807, 2.05) is 0 Å². The van der Waals surface area contributed by atoms with Crippen LogP contribution in [-0.2, 0) is 22.4 Å². The Labute approximate surface area is 100 Å². The van der Waals surface area contributed by atoms with Crippen LogP contribution in [0.15, 0.2) is 12.1 Å². The molecule has 0 bridgehead atoms. The molecule has 1 heterocycles. The van der Waals surface area contributed by atoms with Crippen LogP contribution in [0.5, 0.6) is 5.75 Å². The van der Waals surface area contributed by atoms with Crippen molar-refractivity contribution >= 4 is 17.0 Å². The van der Waals surface area contributed by atoms with E-state index in [1.165, 1.54) is 7.11 Å². The monoisotopic (exact) mass is 300 g/mol. The van der Waals surface area contributed by atoms with E-state index < -0.39 is 5.97 Å². The van der Waals surface area contributed by atoms with Crippen molar-refractivity contribution in [3.8, 4) is 5.75 Å². The molecule has 0 aliphatic rings. The summed E-state index contributed by atoms with van der Waals surface area (Å²) in [6.07, 6.45) is 0. The molecule has 7 heteroatoms. The summed E-state index contributed by atoms with van der Waals surface area (Å²) in [4.78, 5) is 10.9. The molecule has 0 radical (unpaired) electrons. The van der Waals surface area contributed by atoms with Gasteiger partial charge in [-0.25, -0.2) is 4.79 Å². The van der Waals surface area contributed by atoms with Gasteiger partial charge in [-0.15, -0.1) is 0 Å². The van der Waals surface area contributed by atoms with Gasteiger partial charge in [-0.2, -0.15) is 15.4 Å². The van der Waals surface area contributed by atoms with Crippen molar-refractivity contribution in [2.24, 2.45) is 0 Å². The third-order valence-electron chi connectivity index (χ3n) is 1.88. The van der Waals surface area contributed by atoms with Crippen LogP contribution in [-0.4, -0.2) is 33.6 Å². The second-order valence-electron chi connectivity index (χ2n) is 2.64. The molecule has 1 aromatic carbocycles. The summed E-state index contributed by atoms with van der Waals surface area (Å²) >= 11 is 0. The SMILES string of the molecule is COc1ccc2n[nH]nc2c1C(=O)O.[Ag+]. The number of carbonyl (C=O) groups is 1. The molecule has 0 aliphatic heterocycles. The average molecular weight is 301 g/mol. The molecule has 0 unspecified atom stereocenters. The molecule has 0 amide bonds. The summed E-state index contributed by atoms with van der Waals surface area (Å²) < 4.78 is 4.92.